The molecule has 0 aliphatic carbocycles. The summed E-state index contributed by atoms with van der Waals surface area (Å²) in [5.41, 5.74) is 14.6. The van der Waals surface area contributed by atoms with Crippen molar-refractivity contribution >= 4 is 29.8 Å². The Morgan fingerprint density at radius 2 is 1.95 bits per heavy atom. The van der Waals surface area contributed by atoms with E-state index in [1.807, 2.05) is 37.3 Å². The summed E-state index contributed by atoms with van der Waals surface area (Å²) in [4.78, 5) is 14.9. The highest BCUT2D eigenvalue weighted by Crippen LogP contribution is 2.34. The summed E-state index contributed by atoms with van der Waals surface area (Å²) in [5.74, 6) is 0.692. The predicted octanol–water partition coefficient (Wildman–Crippen LogP) is 2.51. The van der Waals surface area contributed by atoms with Gasteiger partial charge in [0.15, 0.2) is 0 Å². The summed E-state index contributed by atoms with van der Waals surface area (Å²) in [5, 5.41) is 2.72. The van der Waals surface area contributed by atoms with Crippen LogP contribution in [0.2, 0.25) is 0 Å². The highest BCUT2D eigenvalue weighted by molar-refractivity contribution is 5.93. The van der Waals surface area contributed by atoms with Gasteiger partial charge in [0.25, 0.3) is 0 Å². The van der Waals surface area contributed by atoms with E-state index in [2.05, 4.69) is 10.3 Å². The lowest BCUT2D eigenvalue weighted by Crippen LogP contribution is -2.02. The van der Waals surface area contributed by atoms with Crippen molar-refractivity contribution < 1.29 is 4.79 Å². The normalized spacial score (nSPS) is 10.7. The molecular formula is C15H16N4O. The maximum absolute atomic E-state index is 10.9. The van der Waals surface area contributed by atoms with Crippen LogP contribution in [-0.4, -0.2) is 11.4 Å². The van der Waals surface area contributed by atoms with Crippen molar-refractivity contribution in [2.75, 3.05) is 16.8 Å². The van der Waals surface area contributed by atoms with Crippen LogP contribution in [-0.2, 0) is 4.79 Å². The topological polar surface area (TPSA) is 94.0 Å². The first-order valence-corrected chi connectivity index (χ1v) is 6.15. The molecule has 1 aromatic carbocycles. The van der Waals surface area contributed by atoms with Gasteiger partial charge in [0, 0.05) is 11.1 Å². The van der Waals surface area contributed by atoms with E-state index in [0.29, 0.717) is 23.7 Å². The Labute approximate surface area is 117 Å². The third-order valence-electron chi connectivity index (χ3n) is 2.88. The van der Waals surface area contributed by atoms with Crippen LogP contribution in [0.25, 0.3) is 17.2 Å². The van der Waals surface area contributed by atoms with Gasteiger partial charge in [-0.1, -0.05) is 30.4 Å². The molecule has 2 aromatic rings. The number of nitrogens with zero attached hydrogens (tertiary/aromatic N) is 1. The number of carbonyl (C=O) groups excluding carboxylic acids is 1. The van der Waals surface area contributed by atoms with E-state index in [1.54, 1.807) is 12.1 Å². The molecule has 0 unspecified atom stereocenters. The molecule has 0 atom stereocenters. The Bertz CT molecular complexity index is 665. The van der Waals surface area contributed by atoms with E-state index in [-0.39, 0.29) is 0 Å². The van der Waals surface area contributed by atoms with E-state index in [4.69, 9.17) is 11.5 Å². The quantitative estimate of drug-likeness (QED) is 0.742. The van der Waals surface area contributed by atoms with Crippen LogP contribution in [0.4, 0.5) is 17.3 Å². The molecule has 5 nitrogen and oxygen atoms in total. The van der Waals surface area contributed by atoms with Crippen molar-refractivity contribution in [3.8, 4) is 11.1 Å². The van der Waals surface area contributed by atoms with Crippen LogP contribution in [0.1, 0.15) is 12.5 Å². The van der Waals surface area contributed by atoms with Crippen molar-refractivity contribution in [1.82, 2.24) is 4.98 Å². The second-order valence-corrected chi connectivity index (χ2v) is 4.20. The molecule has 0 aliphatic heterocycles. The summed E-state index contributed by atoms with van der Waals surface area (Å²) in [6.45, 7) is 1.91. The van der Waals surface area contributed by atoms with Gasteiger partial charge < -0.3 is 16.8 Å². The molecule has 102 valence electrons. The third kappa shape index (κ3) is 2.61. The second-order valence-electron chi connectivity index (χ2n) is 4.20. The number of rotatable bonds is 4. The number of aromatic nitrogens is 1. The number of nitrogens with two attached hydrogens (primary N) is 2. The van der Waals surface area contributed by atoms with Gasteiger partial charge in [-0.3, -0.25) is 4.79 Å². The zero-order valence-electron chi connectivity index (χ0n) is 11.1. The van der Waals surface area contributed by atoms with Gasteiger partial charge in [0.05, 0.1) is 5.69 Å². The van der Waals surface area contributed by atoms with Gasteiger partial charge in [-0.2, -0.15) is 0 Å². The molecule has 1 aromatic heterocycles. The van der Waals surface area contributed by atoms with E-state index in [9.17, 15) is 4.79 Å². The standard InChI is InChI=1S/C15H16N4O/c1-2-4-10-5-3-6-11(14(10)18-9-20)12-7-8-13(16)19-15(12)17/h2-9H,1H3,(H,18,20)(H4,16,17,19)/b4-2-. The van der Waals surface area contributed by atoms with Crippen molar-refractivity contribution in [2.24, 2.45) is 0 Å². The fourth-order valence-corrected chi connectivity index (χ4v) is 2.05. The first kappa shape index (κ1) is 13.6. The maximum Gasteiger partial charge on any atom is 0.211 e. The third-order valence-corrected chi connectivity index (χ3v) is 2.88. The summed E-state index contributed by atoms with van der Waals surface area (Å²) in [6, 6.07) is 9.16. The van der Waals surface area contributed by atoms with Crippen LogP contribution in [0.15, 0.2) is 36.4 Å². The van der Waals surface area contributed by atoms with Crippen molar-refractivity contribution in [2.45, 2.75) is 6.92 Å². The van der Waals surface area contributed by atoms with E-state index in [1.165, 1.54) is 0 Å². The minimum absolute atomic E-state index is 0.330. The number of anilines is 3. The second kappa shape index (κ2) is 5.88. The van der Waals surface area contributed by atoms with Crippen LogP contribution in [0, 0.1) is 0 Å². The number of carbonyl (C=O) groups is 1. The summed E-state index contributed by atoms with van der Waals surface area (Å²) < 4.78 is 0. The van der Waals surface area contributed by atoms with E-state index < -0.39 is 0 Å². The summed E-state index contributed by atoms with van der Waals surface area (Å²) in [7, 11) is 0. The molecule has 1 heterocycles. The molecule has 20 heavy (non-hydrogen) atoms. The molecule has 0 aliphatic rings. The molecule has 5 heteroatoms. The number of hydrogen-bond donors (Lipinski definition) is 3. The number of nitrogens with one attached hydrogen (secondary N) is 1. The monoisotopic (exact) mass is 268 g/mol. The molecule has 0 bridgehead atoms. The average molecular weight is 268 g/mol. The zero-order valence-corrected chi connectivity index (χ0v) is 11.1. The number of benzene rings is 1. The van der Waals surface area contributed by atoms with E-state index >= 15 is 0 Å². The number of hydrogen-bond acceptors (Lipinski definition) is 4. The predicted molar refractivity (Wildman–Crippen MR) is 82.9 cm³/mol. The summed E-state index contributed by atoms with van der Waals surface area (Å²) in [6.07, 6.45) is 4.46. The molecule has 0 saturated heterocycles. The van der Waals surface area contributed by atoms with Crippen LogP contribution < -0.4 is 16.8 Å². The minimum atomic E-state index is 0.330. The molecule has 0 radical (unpaired) electrons. The van der Waals surface area contributed by atoms with Gasteiger partial charge in [-0.15, -0.1) is 0 Å². The largest absolute Gasteiger partial charge is 0.384 e. The van der Waals surface area contributed by atoms with Crippen LogP contribution in [0.3, 0.4) is 0 Å². The van der Waals surface area contributed by atoms with Gasteiger partial charge in [0.1, 0.15) is 11.6 Å². The maximum atomic E-state index is 10.9. The average Bonchev–Trinajstić information content (AvgIpc) is 2.42. The number of para-hydroxylation sites is 1. The molecule has 0 fully saturated rings. The highest BCUT2D eigenvalue weighted by atomic mass is 16.1. The first-order valence-electron chi connectivity index (χ1n) is 6.15. The smallest absolute Gasteiger partial charge is 0.211 e. The fraction of sp³-hybridized carbons (Fsp3) is 0.0667. The number of pyridine rings is 1. The molecular weight excluding hydrogens is 252 g/mol. The minimum Gasteiger partial charge on any atom is -0.384 e. The molecule has 1 amide bonds. The van der Waals surface area contributed by atoms with Crippen molar-refractivity contribution in [1.29, 1.82) is 0 Å². The molecule has 0 spiro atoms. The number of allylic oxidation sites excluding steroid dienone is 1. The number of nitrogen functional groups attached to an aromatic ring is 2. The Balaban J connectivity index is 2.66. The molecule has 5 N–H and O–H groups in total. The van der Waals surface area contributed by atoms with Crippen LogP contribution in [0.5, 0.6) is 0 Å². The fourth-order valence-electron chi connectivity index (χ4n) is 2.05. The number of amides is 1. The summed E-state index contributed by atoms with van der Waals surface area (Å²) >= 11 is 0. The van der Waals surface area contributed by atoms with Crippen molar-refractivity contribution in [3.63, 3.8) is 0 Å². The lowest BCUT2D eigenvalue weighted by atomic mass is 10.00. The molecule has 0 saturated carbocycles. The Kier molecular flexibility index (Phi) is 4.00. The lowest BCUT2D eigenvalue weighted by Gasteiger charge is -2.13. The lowest BCUT2D eigenvalue weighted by molar-refractivity contribution is -0.105. The van der Waals surface area contributed by atoms with Gasteiger partial charge >= 0.3 is 0 Å². The van der Waals surface area contributed by atoms with Gasteiger partial charge in [-0.05, 0) is 24.6 Å². The van der Waals surface area contributed by atoms with Crippen LogP contribution >= 0.6 is 0 Å². The van der Waals surface area contributed by atoms with Gasteiger partial charge in [-0.25, -0.2) is 4.98 Å². The first-order chi connectivity index (χ1) is 9.67. The Hall–Kier alpha value is -2.82. The Morgan fingerprint density at radius 1 is 1.15 bits per heavy atom. The molecule has 2 rings (SSSR count). The zero-order chi connectivity index (χ0) is 14.5. The SMILES string of the molecule is C/C=C\c1cccc(-c2ccc(N)nc2N)c1NC=O. The van der Waals surface area contributed by atoms with Gasteiger partial charge in [0.2, 0.25) is 6.41 Å². The highest BCUT2D eigenvalue weighted by Gasteiger charge is 2.11. The van der Waals surface area contributed by atoms with Crippen molar-refractivity contribution in [3.05, 3.63) is 42.0 Å². The Morgan fingerprint density at radius 3 is 2.60 bits per heavy atom. The van der Waals surface area contributed by atoms with E-state index in [0.717, 1.165) is 16.7 Å².